The van der Waals surface area contributed by atoms with E-state index in [4.69, 9.17) is 23.1 Å². The van der Waals surface area contributed by atoms with Gasteiger partial charge in [0, 0.05) is 28.6 Å². The number of nitrogens with two attached hydrogens (primary N) is 2. The molecule has 0 saturated heterocycles. The van der Waals surface area contributed by atoms with Gasteiger partial charge < -0.3 is 16.2 Å². The average molecular weight is 555 g/mol. The Bertz CT molecular complexity index is 1740. The molecule has 0 atom stereocenters. The van der Waals surface area contributed by atoms with Gasteiger partial charge in [0.05, 0.1) is 23.9 Å². The number of anilines is 3. The smallest absolute Gasteiger partial charge is 0.412 e. The lowest BCUT2D eigenvalue weighted by Gasteiger charge is -2.12. The van der Waals surface area contributed by atoms with E-state index in [0.29, 0.717) is 27.6 Å². The summed E-state index contributed by atoms with van der Waals surface area (Å²) in [6, 6.07) is 9.41. The van der Waals surface area contributed by atoms with E-state index in [-0.39, 0.29) is 41.1 Å². The van der Waals surface area contributed by atoms with Gasteiger partial charge in [0.15, 0.2) is 11.6 Å². The van der Waals surface area contributed by atoms with E-state index in [1.165, 1.54) is 24.1 Å². The van der Waals surface area contributed by atoms with E-state index in [1.54, 1.807) is 24.3 Å². The number of carbonyl (C=O) groups is 1. The Balaban J connectivity index is 1.60. The highest BCUT2D eigenvalue weighted by Gasteiger charge is 2.22. The maximum absolute atomic E-state index is 14.4. The number of amides is 1. The second-order valence-electron chi connectivity index (χ2n) is 8.23. The van der Waals surface area contributed by atoms with E-state index in [9.17, 15) is 18.0 Å². The van der Waals surface area contributed by atoms with E-state index in [1.807, 2.05) is 0 Å². The zero-order chi connectivity index (χ0) is 27.8. The predicted octanol–water partition coefficient (Wildman–Crippen LogP) is 4.88. The quantitative estimate of drug-likeness (QED) is 0.260. The molecular formula is C25H18ClF3N8O2. The molecule has 0 aliphatic heterocycles. The topological polar surface area (TPSA) is 147 Å². The number of nitrogen functional groups attached to an aromatic ring is 2. The first-order chi connectivity index (χ1) is 18.7. The lowest BCUT2D eigenvalue weighted by molar-refractivity contribution is 0.187. The van der Waals surface area contributed by atoms with Crippen LogP contribution in [0.15, 0.2) is 48.7 Å². The molecular weight excluding hydrogens is 537 g/mol. The molecule has 0 radical (unpaired) electrons. The fourth-order valence-electron chi connectivity index (χ4n) is 4.02. The van der Waals surface area contributed by atoms with E-state index >= 15 is 0 Å². The van der Waals surface area contributed by atoms with Gasteiger partial charge in [-0.3, -0.25) is 5.32 Å². The van der Waals surface area contributed by atoms with Gasteiger partial charge in [-0.25, -0.2) is 22.9 Å². The number of ether oxygens (including phenoxy) is 1. The molecule has 2 aromatic carbocycles. The molecule has 1 amide bonds. The van der Waals surface area contributed by atoms with Crippen molar-refractivity contribution >= 4 is 46.1 Å². The van der Waals surface area contributed by atoms with Gasteiger partial charge in [0.1, 0.15) is 23.3 Å². The Kier molecular flexibility index (Phi) is 6.66. The fourth-order valence-corrected chi connectivity index (χ4v) is 4.19. The Hall–Kier alpha value is -4.91. The van der Waals surface area contributed by atoms with Crippen LogP contribution in [0.5, 0.6) is 0 Å². The number of hydrogen-bond acceptors (Lipinski definition) is 8. The number of halogens is 4. The van der Waals surface area contributed by atoms with Gasteiger partial charge in [0.25, 0.3) is 5.95 Å². The minimum absolute atomic E-state index is 0.0194. The minimum atomic E-state index is -1.31. The van der Waals surface area contributed by atoms with Crippen molar-refractivity contribution < 1.29 is 22.7 Å². The first-order valence-electron chi connectivity index (χ1n) is 11.2. The van der Waals surface area contributed by atoms with Crippen LogP contribution >= 0.6 is 11.6 Å². The number of carbonyl (C=O) groups excluding carboxylic acids is 1. The SMILES string of the molecule is COC(=O)Nc1cc(-c2c(N)nc(-n3nc(Cc4c(F)ccc(F)c4F)c4cc(Cl)ccc43)nc2N)ccn1. The van der Waals surface area contributed by atoms with Crippen molar-refractivity contribution in [2.24, 2.45) is 0 Å². The molecule has 198 valence electrons. The third kappa shape index (κ3) is 4.86. The van der Waals surface area contributed by atoms with Crippen LogP contribution < -0.4 is 16.8 Å². The van der Waals surface area contributed by atoms with Crippen molar-refractivity contribution in [1.29, 1.82) is 0 Å². The van der Waals surface area contributed by atoms with E-state index in [0.717, 1.165) is 6.07 Å². The van der Waals surface area contributed by atoms with Crippen LogP contribution in [-0.4, -0.2) is 37.9 Å². The maximum Gasteiger partial charge on any atom is 0.412 e. The van der Waals surface area contributed by atoms with Gasteiger partial charge in [0.2, 0.25) is 0 Å². The van der Waals surface area contributed by atoms with Gasteiger partial charge in [-0.1, -0.05) is 11.6 Å². The molecule has 0 spiro atoms. The van der Waals surface area contributed by atoms with Crippen LogP contribution in [0.1, 0.15) is 11.3 Å². The van der Waals surface area contributed by atoms with Crippen LogP contribution in [0.2, 0.25) is 5.02 Å². The minimum Gasteiger partial charge on any atom is -0.453 e. The predicted molar refractivity (Wildman–Crippen MR) is 139 cm³/mol. The molecule has 5 rings (SSSR count). The number of methoxy groups -OCH3 is 1. The maximum atomic E-state index is 14.4. The first-order valence-corrected chi connectivity index (χ1v) is 11.6. The van der Waals surface area contributed by atoms with Gasteiger partial charge in [-0.05, 0) is 48.0 Å². The van der Waals surface area contributed by atoms with Crippen LogP contribution in [0, 0.1) is 17.5 Å². The number of nitrogens with one attached hydrogen (secondary N) is 1. The zero-order valence-corrected chi connectivity index (χ0v) is 20.8. The largest absolute Gasteiger partial charge is 0.453 e. The van der Waals surface area contributed by atoms with Gasteiger partial charge in [-0.15, -0.1) is 0 Å². The second kappa shape index (κ2) is 10.1. The monoisotopic (exact) mass is 554 g/mol. The summed E-state index contributed by atoms with van der Waals surface area (Å²) in [7, 11) is 1.21. The second-order valence-corrected chi connectivity index (χ2v) is 8.67. The molecule has 5 aromatic rings. The summed E-state index contributed by atoms with van der Waals surface area (Å²) in [6.07, 6.45) is 0.330. The average Bonchev–Trinajstić information content (AvgIpc) is 3.26. The van der Waals surface area contributed by atoms with Crippen molar-refractivity contribution in [3.05, 3.63) is 82.4 Å². The Morgan fingerprint density at radius 1 is 1.05 bits per heavy atom. The summed E-state index contributed by atoms with van der Waals surface area (Å²) in [5.74, 6) is -3.32. The lowest BCUT2D eigenvalue weighted by atomic mass is 10.1. The Morgan fingerprint density at radius 3 is 2.49 bits per heavy atom. The molecule has 3 aromatic heterocycles. The van der Waals surface area contributed by atoms with Gasteiger partial charge in [-0.2, -0.15) is 19.7 Å². The molecule has 0 saturated carbocycles. The number of benzene rings is 2. The number of hydrogen-bond donors (Lipinski definition) is 3. The zero-order valence-electron chi connectivity index (χ0n) is 20.0. The molecule has 0 aliphatic carbocycles. The molecule has 39 heavy (non-hydrogen) atoms. The summed E-state index contributed by atoms with van der Waals surface area (Å²) < 4.78 is 48.5. The summed E-state index contributed by atoms with van der Waals surface area (Å²) in [5.41, 5.74) is 13.4. The molecule has 0 unspecified atom stereocenters. The summed E-state index contributed by atoms with van der Waals surface area (Å²) in [6.45, 7) is 0. The number of aromatic nitrogens is 5. The highest BCUT2D eigenvalue weighted by atomic mass is 35.5. The molecule has 0 fully saturated rings. The number of rotatable bonds is 5. The number of fused-ring (bicyclic) bond motifs is 1. The van der Waals surface area contributed by atoms with Crippen molar-refractivity contribution in [3.63, 3.8) is 0 Å². The molecule has 3 heterocycles. The molecule has 0 aliphatic rings. The number of pyridine rings is 1. The molecule has 14 heteroatoms. The molecule has 10 nitrogen and oxygen atoms in total. The standard InChI is InChI=1S/C25H18ClF3N8O2/c1-39-25(38)33-19-8-11(6-7-32-19)20-22(30)34-24(35-23(20)31)37-18-5-2-12(26)9-14(18)17(36-37)10-13-15(27)3-4-16(28)21(13)29/h2-9H,10H2,1H3,(H,32,33,38)(H4,30,31,34,35). The fraction of sp³-hybridized carbons (Fsp3) is 0.0800. The normalized spacial score (nSPS) is 11.1. The lowest BCUT2D eigenvalue weighted by Crippen LogP contribution is -2.12. The Morgan fingerprint density at radius 2 is 1.77 bits per heavy atom. The summed E-state index contributed by atoms with van der Waals surface area (Å²) >= 11 is 6.17. The van der Waals surface area contributed by atoms with Gasteiger partial charge >= 0.3 is 6.09 Å². The van der Waals surface area contributed by atoms with Crippen molar-refractivity contribution in [3.8, 4) is 17.1 Å². The third-order valence-electron chi connectivity index (χ3n) is 5.81. The highest BCUT2D eigenvalue weighted by Crippen LogP contribution is 2.33. The number of nitrogens with zero attached hydrogens (tertiary/aromatic N) is 5. The summed E-state index contributed by atoms with van der Waals surface area (Å²) in [5, 5.41) is 7.66. The molecule has 5 N–H and O–H groups in total. The highest BCUT2D eigenvalue weighted by molar-refractivity contribution is 6.31. The van der Waals surface area contributed by atoms with Crippen LogP contribution in [0.3, 0.4) is 0 Å². The Labute approximate surface area is 223 Å². The summed E-state index contributed by atoms with van der Waals surface area (Å²) in [4.78, 5) is 24.3. The van der Waals surface area contributed by atoms with E-state index < -0.39 is 29.1 Å². The van der Waals surface area contributed by atoms with Crippen LogP contribution in [0.25, 0.3) is 28.0 Å². The van der Waals surface area contributed by atoms with E-state index in [2.05, 4.69) is 30.1 Å². The van der Waals surface area contributed by atoms with Crippen molar-refractivity contribution in [2.75, 3.05) is 23.9 Å². The van der Waals surface area contributed by atoms with Crippen LogP contribution in [-0.2, 0) is 11.2 Å². The van der Waals surface area contributed by atoms with Crippen LogP contribution in [0.4, 0.5) is 35.4 Å². The van der Waals surface area contributed by atoms with Crippen molar-refractivity contribution in [2.45, 2.75) is 6.42 Å². The third-order valence-corrected chi connectivity index (χ3v) is 6.04. The van der Waals surface area contributed by atoms with Crippen molar-refractivity contribution in [1.82, 2.24) is 24.7 Å². The molecule has 0 bridgehead atoms. The first kappa shape index (κ1) is 25.7.